The number of piperazine rings is 1. The molecular weight excluding hydrogens is 384 g/mol. The Balaban J connectivity index is 1.43. The number of rotatable bonds is 4. The van der Waals surface area contributed by atoms with Gasteiger partial charge in [0.05, 0.1) is 17.6 Å². The van der Waals surface area contributed by atoms with Gasteiger partial charge < -0.3 is 4.57 Å². The van der Waals surface area contributed by atoms with E-state index in [9.17, 15) is 8.42 Å². The monoisotopic (exact) mass is 408 g/mol. The zero-order valence-corrected chi connectivity index (χ0v) is 17.1. The topological polar surface area (TPSA) is 58.4 Å². The van der Waals surface area contributed by atoms with E-state index in [1.54, 1.807) is 16.6 Å². The Kier molecular flexibility index (Phi) is 5.29. The predicted molar refractivity (Wildman–Crippen MR) is 105 cm³/mol. The second-order valence-electron chi connectivity index (χ2n) is 7.37. The average molecular weight is 409 g/mol. The van der Waals surface area contributed by atoms with E-state index in [1.165, 1.54) is 17.5 Å². The van der Waals surface area contributed by atoms with Crippen LogP contribution < -0.4 is 0 Å². The first kappa shape index (κ1) is 18.9. The van der Waals surface area contributed by atoms with Gasteiger partial charge in [0.25, 0.3) is 0 Å². The molecule has 4 rings (SSSR count). The molecule has 2 heterocycles. The highest BCUT2D eigenvalue weighted by molar-refractivity contribution is 7.89. The van der Waals surface area contributed by atoms with Crippen LogP contribution >= 0.6 is 11.6 Å². The van der Waals surface area contributed by atoms with Gasteiger partial charge in [0, 0.05) is 33.2 Å². The highest BCUT2D eigenvalue weighted by Gasteiger charge is 2.29. The SMILES string of the molecule is Cn1c(Cl)cnc1CN1CCN(S(=O)(=O)c2ccc3c(c2)CCCC3)CC1. The zero-order valence-electron chi connectivity index (χ0n) is 15.6. The predicted octanol–water partition coefficient (Wildman–Crippen LogP) is 2.46. The molecule has 0 radical (unpaired) electrons. The summed E-state index contributed by atoms with van der Waals surface area (Å²) in [4.78, 5) is 6.98. The van der Waals surface area contributed by atoms with Gasteiger partial charge in [0.15, 0.2) is 0 Å². The average Bonchev–Trinajstić information content (AvgIpc) is 3.00. The molecule has 0 bridgehead atoms. The molecule has 0 saturated carbocycles. The molecule has 6 nitrogen and oxygen atoms in total. The smallest absolute Gasteiger partial charge is 0.243 e. The van der Waals surface area contributed by atoms with Gasteiger partial charge in [-0.1, -0.05) is 17.7 Å². The van der Waals surface area contributed by atoms with E-state index >= 15 is 0 Å². The number of aryl methyl sites for hydroxylation is 2. The Labute approximate surface area is 165 Å². The van der Waals surface area contributed by atoms with Crippen LogP contribution in [0.15, 0.2) is 29.3 Å². The van der Waals surface area contributed by atoms with Crippen molar-refractivity contribution in [3.63, 3.8) is 0 Å². The minimum absolute atomic E-state index is 0.437. The molecule has 1 fully saturated rings. The molecule has 1 aromatic heterocycles. The first-order valence-electron chi connectivity index (χ1n) is 9.45. The molecule has 0 atom stereocenters. The van der Waals surface area contributed by atoms with Crippen LogP contribution in [-0.4, -0.2) is 53.4 Å². The number of hydrogen-bond donors (Lipinski definition) is 0. The molecule has 0 spiro atoms. The van der Waals surface area contributed by atoms with Crippen LogP contribution in [-0.2, 0) is 36.5 Å². The van der Waals surface area contributed by atoms with E-state index in [2.05, 4.69) is 9.88 Å². The summed E-state index contributed by atoms with van der Waals surface area (Å²) in [5.41, 5.74) is 2.51. The van der Waals surface area contributed by atoms with Crippen molar-refractivity contribution in [2.75, 3.05) is 26.2 Å². The van der Waals surface area contributed by atoms with E-state index in [0.717, 1.165) is 25.1 Å². The number of hydrogen-bond acceptors (Lipinski definition) is 4. The van der Waals surface area contributed by atoms with Crippen molar-refractivity contribution in [1.29, 1.82) is 0 Å². The van der Waals surface area contributed by atoms with E-state index in [1.807, 2.05) is 23.7 Å². The molecule has 2 aliphatic rings. The van der Waals surface area contributed by atoms with Crippen molar-refractivity contribution in [3.8, 4) is 0 Å². The fourth-order valence-corrected chi connectivity index (χ4v) is 5.54. The third-order valence-electron chi connectivity index (χ3n) is 5.68. The van der Waals surface area contributed by atoms with Crippen LogP contribution in [0.2, 0.25) is 5.15 Å². The Morgan fingerprint density at radius 1 is 1.07 bits per heavy atom. The van der Waals surface area contributed by atoms with Crippen LogP contribution in [0.3, 0.4) is 0 Å². The summed E-state index contributed by atoms with van der Waals surface area (Å²) in [6.45, 7) is 3.05. The van der Waals surface area contributed by atoms with Gasteiger partial charge in [-0.05, 0) is 48.9 Å². The maximum Gasteiger partial charge on any atom is 0.243 e. The maximum absolute atomic E-state index is 13.1. The second kappa shape index (κ2) is 7.54. The molecule has 0 unspecified atom stereocenters. The van der Waals surface area contributed by atoms with Crippen LogP contribution in [0.5, 0.6) is 0 Å². The van der Waals surface area contributed by atoms with Gasteiger partial charge in [0.1, 0.15) is 11.0 Å². The summed E-state index contributed by atoms with van der Waals surface area (Å²) >= 11 is 6.04. The lowest BCUT2D eigenvalue weighted by atomic mass is 9.92. The number of halogens is 1. The number of fused-ring (bicyclic) bond motifs is 1. The van der Waals surface area contributed by atoms with E-state index in [0.29, 0.717) is 42.8 Å². The molecule has 2 aromatic rings. The summed E-state index contributed by atoms with van der Waals surface area (Å²) < 4.78 is 29.6. The van der Waals surface area contributed by atoms with Gasteiger partial charge in [0.2, 0.25) is 10.0 Å². The van der Waals surface area contributed by atoms with Crippen molar-refractivity contribution in [2.45, 2.75) is 37.1 Å². The quantitative estimate of drug-likeness (QED) is 0.779. The Morgan fingerprint density at radius 2 is 1.78 bits per heavy atom. The van der Waals surface area contributed by atoms with Crippen LogP contribution in [0.25, 0.3) is 0 Å². The molecule has 1 aromatic carbocycles. The van der Waals surface area contributed by atoms with Crippen molar-refractivity contribution in [3.05, 3.63) is 46.5 Å². The third-order valence-corrected chi connectivity index (χ3v) is 7.93. The summed E-state index contributed by atoms with van der Waals surface area (Å²) in [5.74, 6) is 0.894. The largest absolute Gasteiger partial charge is 0.321 e. The molecule has 146 valence electrons. The summed E-state index contributed by atoms with van der Waals surface area (Å²) in [5, 5.41) is 0.610. The number of imidazole rings is 1. The fraction of sp³-hybridized carbons (Fsp3) is 0.526. The highest BCUT2D eigenvalue weighted by Crippen LogP contribution is 2.26. The Bertz CT molecular complexity index is 933. The number of benzene rings is 1. The normalized spacial score (nSPS) is 19.2. The summed E-state index contributed by atoms with van der Waals surface area (Å²) in [6, 6.07) is 5.68. The van der Waals surface area contributed by atoms with Crippen LogP contribution in [0.1, 0.15) is 29.8 Å². The van der Waals surface area contributed by atoms with Crippen LogP contribution in [0.4, 0.5) is 0 Å². The molecule has 27 heavy (non-hydrogen) atoms. The number of aromatic nitrogens is 2. The van der Waals surface area contributed by atoms with Gasteiger partial charge in [-0.15, -0.1) is 0 Å². The molecule has 1 aliphatic carbocycles. The summed E-state index contributed by atoms with van der Waals surface area (Å²) in [6.07, 6.45) is 6.03. The Morgan fingerprint density at radius 3 is 2.44 bits per heavy atom. The highest BCUT2D eigenvalue weighted by atomic mass is 35.5. The van der Waals surface area contributed by atoms with E-state index in [4.69, 9.17) is 11.6 Å². The molecule has 0 N–H and O–H groups in total. The fourth-order valence-electron chi connectivity index (χ4n) is 3.92. The first-order valence-corrected chi connectivity index (χ1v) is 11.3. The molecule has 1 saturated heterocycles. The molecular formula is C19H25ClN4O2S. The lowest BCUT2D eigenvalue weighted by molar-refractivity contribution is 0.177. The van der Waals surface area contributed by atoms with E-state index < -0.39 is 10.0 Å². The van der Waals surface area contributed by atoms with E-state index in [-0.39, 0.29) is 0 Å². The zero-order chi connectivity index (χ0) is 19.0. The maximum atomic E-state index is 13.1. The minimum Gasteiger partial charge on any atom is -0.321 e. The molecule has 1 aliphatic heterocycles. The first-order chi connectivity index (χ1) is 12.9. The van der Waals surface area contributed by atoms with Gasteiger partial charge in [-0.2, -0.15) is 4.31 Å². The van der Waals surface area contributed by atoms with Gasteiger partial charge in [-0.3, -0.25) is 4.90 Å². The third kappa shape index (κ3) is 3.78. The molecule has 0 amide bonds. The lowest BCUT2D eigenvalue weighted by Gasteiger charge is -2.33. The number of sulfonamides is 1. The molecule has 8 heteroatoms. The minimum atomic E-state index is -3.43. The standard InChI is InChI=1S/C19H25ClN4O2S/c1-22-18(20)13-21-19(22)14-23-8-10-24(11-9-23)27(25,26)17-7-6-15-4-2-3-5-16(15)12-17/h6-7,12-13H,2-5,8-11,14H2,1H3. The van der Waals surface area contributed by atoms with Gasteiger partial charge >= 0.3 is 0 Å². The second-order valence-corrected chi connectivity index (χ2v) is 9.70. The Hall–Kier alpha value is -1.41. The number of nitrogens with zero attached hydrogens (tertiary/aromatic N) is 4. The lowest BCUT2D eigenvalue weighted by Crippen LogP contribution is -2.48. The van der Waals surface area contributed by atoms with Crippen molar-refractivity contribution in [1.82, 2.24) is 18.8 Å². The van der Waals surface area contributed by atoms with Crippen molar-refractivity contribution in [2.24, 2.45) is 7.05 Å². The van der Waals surface area contributed by atoms with Crippen molar-refractivity contribution < 1.29 is 8.42 Å². The van der Waals surface area contributed by atoms with Gasteiger partial charge in [-0.25, -0.2) is 13.4 Å². The summed E-state index contributed by atoms with van der Waals surface area (Å²) in [7, 11) is -1.54. The van der Waals surface area contributed by atoms with Crippen LogP contribution in [0, 0.1) is 0 Å². The van der Waals surface area contributed by atoms with Crippen molar-refractivity contribution >= 4 is 21.6 Å².